The van der Waals surface area contributed by atoms with E-state index in [1.54, 1.807) is 7.11 Å². The molecule has 0 saturated heterocycles. The summed E-state index contributed by atoms with van der Waals surface area (Å²) in [7, 11) is 1.69. The number of methoxy groups -OCH3 is 1. The highest BCUT2D eigenvalue weighted by atomic mass is 16.5. The zero-order valence-corrected chi connectivity index (χ0v) is 11.8. The molecule has 0 aliphatic carbocycles. The predicted octanol–water partition coefficient (Wildman–Crippen LogP) is 1.58. The van der Waals surface area contributed by atoms with Gasteiger partial charge >= 0.3 is 0 Å². The topological polar surface area (TPSA) is 50.7 Å². The van der Waals surface area contributed by atoms with Crippen LogP contribution in [0.2, 0.25) is 0 Å². The van der Waals surface area contributed by atoms with Gasteiger partial charge < -0.3 is 19.9 Å². The summed E-state index contributed by atoms with van der Waals surface area (Å²) in [6.07, 6.45) is 0.461. The molecule has 1 rings (SSSR count). The summed E-state index contributed by atoms with van der Waals surface area (Å²) in [6.45, 7) is 4.24. The number of aliphatic hydroxyl groups is 1. The van der Waals surface area contributed by atoms with Crippen LogP contribution in [-0.2, 0) is 16.1 Å². The Morgan fingerprint density at radius 3 is 2.68 bits per heavy atom. The molecular formula is C15H25NO3. The largest absolute Gasteiger partial charge is 0.389 e. The Labute approximate surface area is 115 Å². The summed E-state index contributed by atoms with van der Waals surface area (Å²) >= 11 is 0. The van der Waals surface area contributed by atoms with Crippen LogP contribution in [0.5, 0.6) is 0 Å². The highest BCUT2D eigenvalue weighted by Gasteiger charge is 2.07. The first-order valence-corrected chi connectivity index (χ1v) is 6.74. The summed E-state index contributed by atoms with van der Waals surface area (Å²) < 4.78 is 10.5. The van der Waals surface area contributed by atoms with Crippen molar-refractivity contribution in [3.05, 3.63) is 35.9 Å². The van der Waals surface area contributed by atoms with E-state index in [0.29, 0.717) is 25.8 Å². The van der Waals surface area contributed by atoms with Crippen LogP contribution in [0.15, 0.2) is 30.3 Å². The SMILES string of the molecule is COCCC(C)NCC(O)COCc1ccccc1. The van der Waals surface area contributed by atoms with Gasteiger partial charge in [0.25, 0.3) is 0 Å². The molecule has 0 aromatic heterocycles. The molecule has 4 nitrogen and oxygen atoms in total. The molecule has 0 fully saturated rings. The molecule has 4 heteroatoms. The summed E-state index contributed by atoms with van der Waals surface area (Å²) in [6, 6.07) is 10.3. The predicted molar refractivity (Wildman–Crippen MR) is 76.1 cm³/mol. The molecule has 0 spiro atoms. The Kier molecular flexibility index (Phi) is 8.41. The highest BCUT2D eigenvalue weighted by Crippen LogP contribution is 2.01. The number of aliphatic hydroxyl groups excluding tert-OH is 1. The number of hydrogen-bond acceptors (Lipinski definition) is 4. The first kappa shape index (κ1) is 16.1. The molecule has 0 heterocycles. The molecule has 108 valence electrons. The third-order valence-corrected chi connectivity index (χ3v) is 2.88. The van der Waals surface area contributed by atoms with Crippen LogP contribution in [0.25, 0.3) is 0 Å². The second kappa shape index (κ2) is 9.92. The molecule has 1 aromatic rings. The molecular weight excluding hydrogens is 242 g/mol. The fourth-order valence-corrected chi connectivity index (χ4v) is 1.68. The van der Waals surface area contributed by atoms with Gasteiger partial charge in [0.1, 0.15) is 0 Å². The molecule has 2 N–H and O–H groups in total. The molecule has 19 heavy (non-hydrogen) atoms. The van der Waals surface area contributed by atoms with Gasteiger partial charge in [-0.1, -0.05) is 30.3 Å². The molecule has 0 saturated carbocycles. The minimum Gasteiger partial charge on any atom is -0.389 e. The number of benzene rings is 1. The molecule has 0 aliphatic heterocycles. The van der Waals surface area contributed by atoms with Crippen LogP contribution >= 0.6 is 0 Å². The fourth-order valence-electron chi connectivity index (χ4n) is 1.68. The van der Waals surface area contributed by atoms with Crippen molar-refractivity contribution in [3.8, 4) is 0 Å². The van der Waals surface area contributed by atoms with Gasteiger partial charge in [0.2, 0.25) is 0 Å². The van der Waals surface area contributed by atoms with Crippen LogP contribution in [0.3, 0.4) is 0 Å². The maximum Gasteiger partial charge on any atom is 0.0897 e. The number of nitrogens with one attached hydrogen (secondary N) is 1. The lowest BCUT2D eigenvalue weighted by Gasteiger charge is -2.17. The van der Waals surface area contributed by atoms with Crippen LogP contribution < -0.4 is 5.32 Å². The van der Waals surface area contributed by atoms with E-state index in [0.717, 1.165) is 18.6 Å². The lowest BCUT2D eigenvalue weighted by Crippen LogP contribution is -2.36. The zero-order chi connectivity index (χ0) is 13.9. The summed E-state index contributed by atoms with van der Waals surface area (Å²) in [5.41, 5.74) is 1.12. The highest BCUT2D eigenvalue weighted by molar-refractivity contribution is 5.13. The van der Waals surface area contributed by atoms with Gasteiger partial charge in [0.15, 0.2) is 0 Å². The van der Waals surface area contributed by atoms with Crippen LogP contribution in [0, 0.1) is 0 Å². The third-order valence-electron chi connectivity index (χ3n) is 2.88. The smallest absolute Gasteiger partial charge is 0.0897 e. The van der Waals surface area contributed by atoms with E-state index >= 15 is 0 Å². The monoisotopic (exact) mass is 267 g/mol. The van der Waals surface area contributed by atoms with Gasteiger partial charge in [0, 0.05) is 26.3 Å². The van der Waals surface area contributed by atoms with Gasteiger partial charge in [-0.3, -0.25) is 0 Å². The van der Waals surface area contributed by atoms with Crippen molar-refractivity contribution >= 4 is 0 Å². The third kappa shape index (κ3) is 7.95. The maximum absolute atomic E-state index is 9.78. The Balaban J connectivity index is 2.06. The van der Waals surface area contributed by atoms with E-state index in [1.807, 2.05) is 30.3 Å². The van der Waals surface area contributed by atoms with Crippen LogP contribution in [0.1, 0.15) is 18.9 Å². The summed E-state index contributed by atoms with van der Waals surface area (Å²) in [5.74, 6) is 0. The number of ether oxygens (including phenoxy) is 2. The quantitative estimate of drug-likeness (QED) is 0.676. The van der Waals surface area contributed by atoms with Gasteiger partial charge in [-0.15, -0.1) is 0 Å². The second-order valence-corrected chi connectivity index (χ2v) is 4.75. The van der Waals surface area contributed by atoms with Crippen molar-refractivity contribution in [1.29, 1.82) is 0 Å². The second-order valence-electron chi connectivity index (χ2n) is 4.75. The molecule has 0 radical (unpaired) electrons. The molecule has 1 aromatic carbocycles. The average molecular weight is 267 g/mol. The maximum atomic E-state index is 9.78. The van der Waals surface area contributed by atoms with E-state index in [2.05, 4.69) is 12.2 Å². The van der Waals surface area contributed by atoms with E-state index in [9.17, 15) is 5.11 Å². The normalized spacial score (nSPS) is 14.3. The number of rotatable bonds is 10. The van der Waals surface area contributed by atoms with Crippen molar-refractivity contribution < 1.29 is 14.6 Å². The van der Waals surface area contributed by atoms with Gasteiger partial charge in [-0.2, -0.15) is 0 Å². The molecule has 0 bridgehead atoms. The lowest BCUT2D eigenvalue weighted by atomic mass is 10.2. The Morgan fingerprint density at radius 1 is 1.26 bits per heavy atom. The van der Waals surface area contributed by atoms with Crippen molar-refractivity contribution in [1.82, 2.24) is 5.32 Å². The summed E-state index contributed by atoms with van der Waals surface area (Å²) in [5, 5.41) is 13.0. The standard InChI is InChI=1S/C15H25NO3/c1-13(8-9-18-2)16-10-15(17)12-19-11-14-6-4-3-5-7-14/h3-7,13,15-17H,8-12H2,1-2H3. The van der Waals surface area contributed by atoms with Crippen LogP contribution in [0.4, 0.5) is 0 Å². The van der Waals surface area contributed by atoms with E-state index in [-0.39, 0.29) is 0 Å². The molecule has 2 unspecified atom stereocenters. The van der Waals surface area contributed by atoms with E-state index < -0.39 is 6.10 Å². The Bertz CT molecular complexity index is 318. The zero-order valence-electron chi connectivity index (χ0n) is 11.8. The van der Waals surface area contributed by atoms with Crippen LogP contribution in [-0.4, -0.2) is 44.1 Å². The lowest BCUT2D eigenvalue weighted by molar-refractivity contribution is 0.0273. The van der Waals surface area contributed by atoms with Gasteiger partial charge in [0.05, 0.1) is 19.3 Å². The van der Waals surface area contributed by atoms with Crippen molar-refractivity contribution in [2.45, 2.75) is 32.1 Å². The molecule has 2 atom stereocenters. The molecule has 0 aliphatic rings. The Morgan fingerprint density at radius 2 is 2.00 bits per heavy atom. The average Bonchev–Trinajstić information content (AvgIpc) is 2.44. The van der Waals surface area contributed by atoms with Gasteiger partial charge in [-0.05, 0) is 18.9 Å². The van der Waals surface area contributed by atoms with E-state index in [1.165, 1.54) is 0 Å². The summed E-state index contributed by atoms with van der Waals surface area (Å²) in [4.78, 5) is 0. The van der Waals surface area contributed by atoms with Crippen molar-refractivity contribution in [2.24, 2.45) is 0 Å². The van der Waals surface area contributed by atoms with E-state index in [4.69, 9.17) is 9.47 Å². The van der Waals surface area contributed by atoms with Gasteiger partial charge in [-0.25, -0.2) is 0 Å². The minimum atomic E-state index is -0.478. The first-order valence-electron chi connectivity index (χ1n) is 6.74. The fraction of sp³-hybridized carbons (Fsp3) is 0.600. The molecule has 0 amide bonds. The minimum absolute atomic E-state index is 0.337. The first-order chi connectivity index (χ1) is 9.22. The Hall–Kier alpha value is -0.940. The number of hydrogen-bond donors (Lipinski definition) is 2. The van der Waals surface area contributed by atoms with Crippen molar-refractivity contribution in [3.63, 3.8) is 0 Å². The van der Waals surface area contributed by atoms with Crippen molar-refractivity contribution in [2.75, 3.05) is 26.9 Å².